The number of ether oxygens (including phenoxy) is 1. The summed E-state index contributed by atoms with van der Waals surface area (Å²) in [4.78, 5) is 12.2. The summed E-state index contributed by atoms with van der Waals surface area (Å²) in [6.45, 7) is 4.53. The van der Waals surface area contributed by atoms with E-state index in [1.54, 1.807) is 31.4 Å². The van der Waals surface area contributed by atoms with Crippen LogP contribution in [0, 0.1) is 13.8 Å². The van der Waals surface area contributed by atoms with E-state index in [9.17, 15) is 4.79 Å². The van der Waals surface area contributed by atoms with Gasteiger partial charge >= 0.3 is 6.03 Å². The molecule has 0 fully saturated rings. The molecule has 27 heavy (non-hydrogen) atoms. The number of aryl methyl sites for hydroxylation is 1. The number of carbonyl (C=O) groups is 1. The van der Waals surface area contributed by atoms with Crippen molar-refractivity contribution in [3.05, 3.63) is 76.6 Å². The highest BCUT2D eigenvalue weighted by molar-refractivity contribution is 6.30. The second-order valence-corrected chi connectivity index (χ2v) is 6.68. The van der Waals surface area contributed by atoms with Crippen molar-refractivity contribution in [2.45, 2.75) is 20.4 Å². The fourth-order valence-corrected chi connectivity index (χ4v) is 3.15. The molecule has 0 aliphatic heterocycles. The molecule has 5 nitrogen and oxygen atoms in total. The largest absolute Gasteiger partial charge is 0.497 e. The fourth-order valence-electron chi connectivity index (χ4n) is 3.02. The molecular formula is C21H22ClN3O2. The van der Waals surface area contributed by atoms with Crippen molar-refractivity contribution in [3.8, 4) is 11.4 Å². The van der Waals surface area contributed by atoms with Crippen LogP contribution in [0.1, 0.15) is 17.0 Å². The van der Waals surface area contributed by atoms with Crippen molar-refractivity contribution in [2.24, 2.45) is 0 Å². The molecule has 0 bridgehead atoms. The summed E-state index contributed by atoms with van der Waals surface area (Å²) < 4.78 is 7.26. The zero-order chi connectivity index (χ0) is 19.4. The van der Waals surface area contributed by atoms with Gasteiger partial charge in [-0.15, -0.1) is 0 Å². The number of rotatable bonds is 5. The first-order chi connectivity index (χ1) is 13.0. The molecule has 0 aliphatic carbocycles. The first-order valence-corrected chi connectivity index (χ1v) is 8.98. The molecule has 6 heteroatoms. The Bertz CT molecular complexity index is 931. The highest BCUT2D eigenvalue weighted by atomic mass is 35.5. The molecule has 0 saturated carbocycles. The van der Waals surface area contributed by atoms with Crippen LogP contribution in [0.5, 0.6) is 5.75 Å². The minimum Gasteiger partial charge on any atom is -0.497 e. The van der Waals surface area contributed by atoms with Crippen LogP contribution in [0.4, 0.5) is 10.5 Å². The Hall–Kier alpha value is -2.92. The second-order valence-electron chi connectivity index (χ2n) is 6.24. The van der Waals surface area contributed by atoms with Crippen LogP contribution in [0.3, 0.4) is 0 Å². The number of aromatic nitrogens is 1. The standard InChI is InChI=1S/C21H22ClN3O2/c1-14-12-16(15(2)25(14)19-8-4-17(22)5-9-19)13-23-21(26)24-18-6-10-20(27-3)11-7-18/h4-12H,13H2,1-3H3,(H2,23,24,26). The third-order valence-corrected chi connectivity index (χ3v) is 4.66. The first kappa shape index (κ1) is 18.9. The number of amides is 2. The number of hydrogen-bond acceptors (Lipinski definition) is 2. The molecule has 1 aromatic heterocycles. The van der Waals surface area contributed by atoms with E-state index in [0.29, 0.717) is 17.3 Å². The molecule has 3 rings (SSSR count). The quantitative estimate of drug-likeness (QED) is 0.645. The molecule has 0 saturated heterocycles. The Balaban J connectivity index is 1.66. The Morgan fingerprint density at radius 2 is 1.74 bits per heavy atom. The lowest BCUT2D eigenvalue weighted by atomic mass is 10.2. The lowest BCUT2D eigenvalue weighted by Gasteiger charge is -2.11. The van der Waals surface area contributed by atoms with Gasteiger partial charge in [0.2, 0.25) is 0 Å². The normalized spacial score (nSPS) is 10.5. The summed E-state index contributed by atoms with van der Waals surface area (Å²) >= 11 is 5.98. The van der Waals surface area contributed by atoms with Crippen LogP contribution in [0.2, 0.25) is 5.02 Å². The van der Waals surface area contributed by atoms with Gasteiger partial charge in [0.15, 0.2) is 0 Å². The molecule has 0 aliphatic rings. The number of anilines is 1. The van der Waals surface area contributed by atoms with Gasteiger partial charge in [-0.25, -0.2) is 4.79 Å². The highest BCUT2D eigenvalue weighted by Crippen LogP contribution is 2.22. The summed E-state index contributed by atoms with van der Waals surface area (Å²) in [6, 6.07) is 16.7. The SMILES string of the molecule is COc1ccc(NC(=O)NCc2cc(C)n(-c3ccc(Cl)cc3)c2C)cc1. The van der Waals surface area contributed by atoms with Crippen molar-refractivity contribution in [2.75, 3.05) is 12.4 Å². The van der Waals surface area contributed by atoms with Gasteiger partial charge in [-0.1, -0.05) is 11.6 Å². The molecule has 0 radical (unpaired) electrons. The Morgan fingerprint density at radius 1 is 1.07 bits per heavy atom. The molecule has 140 valence electrons. The number of halogens is 1. The van der Waals surface area contributed by atoms with Crippen LogP contribution >= 0.6 is 11.6 Å². The molecule has 0 unspecified atom stereocenters. The Labute approximate surface area is 163 Å². The van der Waals surface area contributed by atoms with Gasteiger partial charge in [0.1, 0.15) is 5.75 Å². The maximum absolute atomic E-state index is 12.2. The predicted octanol–water partition coefficient (Wildman–Crippen LogP) is 5.08. The van der Waals surface area contributed by atoms with E-state index in [0.717, 1.165) is 28.4 Å². The van der Waals surface area contributed by atoms with Crippen molar-refractivity contribution in [3.63, 3.8) is 0 Å². The molecule has 2 amide bonds. The third-order valence-electron chi connectivity index (χ3n) is 4.41. The van der Waals surface area contributed by atoms with E-state index in [2.05, 4.69) is 21.3 Å². The minimum absolute atomic E-state index is 0.253. The van der Waals surface area contributed by atoms with Crippen molar-refractivity contribution < 1.29 is 9.53 Å². The zero-order valence-corrected chi connectivity index (χ0v) is 16.3. The van der Waals surface area contributed by atoms with Crippen molar-refractivity contribution in [1.82, 2.24) is 9.88 Å². The summed E-state index contributed by atoms with van der Waals surface area (Å²) in [6.07, 6.45) is 0. The topological polar surface area (TPSA) is 55.3 Å². The van der Waals surface area contributed by atoms with E-state index in [1.807, 2.05) is 38.1 Å². The van der Waals surface area contributed by atoms with E-state index < -0.39 is 0 Å². The van der Waals surface area contributed by atoms with Gasteiger partial charge in [0, 0.05) is 34.3 Å². The average molecular weight is 384 g/mol. The summed E-state index contributed by atoms with van der Waals surface area (Å²) in [7, 11) is 1.61. The molecule has 1 heterocycles. The number of hydrogen-bond donors (Lipinski definition) is 2. The van der Waals surface area contributed by atoms with E-state index in [1.165, 1.54) is 0 Å². The van der Waals surface area contributed by atoms with Crippen LogP contribution in [-0.2, 0) is 6.54 Å². The molecule has 0 spiro atoms. The maximum atomic E-state index is 12.2. The number of carbonyl (C=O) groups excluding carboxylic acids is 1. The number of nitrogens with zero attached hydrogens (tertiary/aromatic N) is 1. The van der Waals surface area contributed by atoms with Crippen LogP contribution < -0.4 is 15.4 Å². The summed E-state index contributed by atoms with van der Waals surface area (Å²) in [5.74, 6) is 0.746. The van der Waals surface area contributed by atoms with Crippen LogP contribution in [0.25, 0.3) is 5.69 Å². The molecule has 0 atom stereocenters. The summed E-state index contributed by atoms with van der Waals surface area (Å²) in [5, 5.41) is 6.42. The van der Waals surface area contributed by atoms with Gasteiger partial charge in [0.25, 0.3) is 0 Å². The Kier molecular flexibility index (Phi) is 5.72. The van der Waals surface area contributed by atoms with Gasteiger partial charge in [0.05, 0.1) is 7.11 Å². The predicted molar refractivity (Wildman–Crippen MR) is 109 cm³/mol. The van der Waals surface area contributed by atoms with E-state index >= 15 is 0 Å². The third kappa shape index (κ3) is 4.44. The Morgan fingerprint density at radius 3 is 2.37 bits per heavy atom. The van der Waals surface area contributed by atoms with E-state index in [-0.39, 0.29) is 6.03 Å². The minimum atomic E-state index is -0.253. The summed E-state index contributed by atoms with van der Waals surface area (Å²) in [5.41, 5.74) is 5.00. The molecular weight excluding hydrogens is 362 g/mol. The number of urea groups is 1. The number of nitrogens with one attached hydrogen (secondary N) is 2. The number of benzene rings is 2. The van der Waals surface area contributed by atoms with Crippen LogP contribution in [-0.4, -0.2) is 17.7 Å². The second kappa shape index (κ2) is 8.18. The van der Waals surface area contributed by atoms with Gasteiger partial charge in [-0.2, -0.15) is 0 Å². The zero-order valence-electron chi connectivity index (χ0n) is 15.5. The van der Waals surface area contributed by atoms with Crippen molar-refractivity contribution >= 4 is 23.3 Å². The maximum Gasteiger partial charge on any atom is 0.319 e. The van der Waals surface area contributed by atoms with Gasteiger partial charge in [-0.05, 0) is 74.0 Å². The molecule has 2 aromatic carbocycles. The smallest absolute Gasteiger partial charge is 0.319 e. The van der Waals surface area contributed by atoms with Crippen LogP contribution in [0.15, 0.2) is 54.6 Å². The van der Waals surface area contributed by atoms with E-state index in [4.69, 9.17) is 16.3 Å². The lowest BCUT2D eigenvalue weighted by molar-refractivity contribution is 0.251. The van der Waals surface area contributed by atoms with Gasteiger partial charge < -0.3 is 19.9 Å². The van der Waals surface area contributed by atoms with Crippen molar-refractivity contribution in [1.29, 1.82) is 0 Å². The molecule has 3 aromatic rings. The number of methoxy groups -OCH3 is 1. The first-order valence-electron chi connectivity index (χ1n) is 8.60. The van der Waals surface area contributed by atoms with Gasteiger partial charge in [-0.3, -0.25) is 0 Å². The lowest BCUT2D eigenvalue weighted by Crippen LogP contribution is -2.28. The fraction of sp³-hybridized carbons (Fsp3) is 0.190. The highest BCUT2D eigenvalue weighted by Gasteiger charge is 2.12. The monoisotopic (exact) mass is 383 g/mol. The molecule has 2 N–H and O–H groups in total. The average Bonchev–Trinajstić information content (AvgIpc) is 2.95.